The zero-order valence-corrected chi connectivity index (χ0v) is 14.8. The second-order valence-electron chi connectivity index (χ2n) is 5.42. The summed E-state index contributed by atoms with van der Waals surface area (Å²) in [6, 6.07) is 11.6. The Morgan fingerprint density at radius 3 is 2.26 bits per heavy atom. The van der Waals surface area contributed by atoms with Gasteiger partial charge in [-0.1, -0.05) is 24.3 Å². The molecule has 2 rings (SSSR count). The third kappa shape index (κ3) is 6.10. The number of carbonyl (C=O) groups is 3. The molecule has 7 nitrogen and oxygen atoms in total. The van der Waals surface area contributed by atoms with Gasteiger partial charge in [0, 0.05) is 6.54 Å². The summed E-state index contributed by atoms with van der Waals surface area (Å²) in [5, 5.41) is 7.66. The SMILES string of the molecule is CCOC(=O)CCNC(=O)Nc1ccccc1NC(=O)c1ccccc1F. The van der Waals surface area contributed by atoms with Crippen molar-refractivity contribution < 1.29 is 23.5 Å². The Balaban J connectivity index is 1.97. The van der Waals surface area contributed by atoms with Gasteiger partial charge in [-0.2, -0.15) is 0 Å². The molecule has 0 aromatic heterocycles. The second-order valence-corrected chi connectivity index (χ2v) is 5.42. The van der Waals surface area contributed by atoms with E-state index >= 15 is 0 Å². The Hall–Kier alpha value is -3.42. The Labute approximate surface area is 155 Å². The van der Waals surface area contributed by atoms with E-state index in [9.17, 15) is 18.8 Å². The molecule has 27 heavy (non-hydrogen) atoms. The number of carbonyl (C=O) groups excluding carboxylic acids is 3. The molecule has 0 aliphatic rings. The van der Waals surface area contributed by atoms with Gasteiger partial charge in [0.2, 0.25) is 0 Å². The number of para-hydroxylation sites is 2. The molecular weight excluding hydrogens is 353 g/mol. The normalized spacial score (nSPS) is 10.0. The number of benzene rings is 2. The van der Waals surface area contributed by atoms with Crippen molar-refractivity contribution in [3.8, 4) is 0 Å². The van der Waals surface area contributed by atoms with Gasteiger partial charge in [0.15, 0.2) is 0 Å². The molecule has 0 heterocycles. The third-order valence-corrected chi connectivity index (χ3v) is 3.46. The van der Waals surface area contributed by atoms with Crippen molar-refractivity contribution in [3.63, 3.8) is 0 Å². The molecule has 0 saturated carbocycles. The highest BCUT2D eigenvalue weighted by Crippen LogP contribution is 2.22. The first-order valence-electron chi connectivity index (χ1n) is 8.36. The lowest BCUT2D eigenvalue weighted by atomic mass is 10.2. The number of esters is 1. The lowest BCUT2D eigenvalue weighted by Gasteiger charge is -2.13. The van der Waals surface area contributed by atoms with Crippen molar-refractivity contribution in [3.05, 3.63) is 59.9 Å². The predicted molar refractivity (Wildman–Crippen MR) is 99.1 cm³/mol. The molecule has 3 N–H and O–H groups in total. The summed E-state index contributed by atoms with van der Waals surface area (Å²) in [5.41, 5.74) is 0.535. The number of halogens is 1. The topological polar surface area (TPSA) is 96.5 Å². The molecule has 2 aromatic rings. The predicted octanol–water partition coefficient (Wildman–Crippen LogP) is 3.15. The molecule has 0 bridgehead atoms. The van der Waals surface area contributed by atoms with Crippen LogP contribution in [0.1, 0.15) is 23.7 Å². The summed E-state index contributed by atoms with van der Waals surface area (Å²) >= 11 is 0. The number of ether oxygens (including phenoxy) is 1. The number of urea groups is 1. The summed E-state index contributed by atoms with van der Waals surface area (Å²) in [4.78, 5) is 35.5. The molecule has 0 atom stereocenters. The van der Waals surface area contributed by atoms with E-state index in [-0.39, 0.29) is 25.1 Å². The highest BCUT2D eigenvalue weighted by atomic mass is 19.1. The maximum absolute atomic E-state index is 13.7. The van der Waals surface area contributed by atoms with Gasteiger partial charge < -0.3 is 20.7 Å². The second kappa shape index (κ2) is 9.91. The standard InChI is InChI=1S/C19H20FN3O4/c1-2-27-17(24)11-12-21-19(26)23-16-10-6-5-9-15(16)22-18(25)13-7-3-4-8-14(13)20/h3-10H,2,11-12H2,1H3,(H,22,25)(H2,21,23,26). The zero-order chi connectivity index (χ0) is 19.6. The fraction of sp³-hybridized carbons (Fsp3) is 0.211. The maximum atomic E-state index is 13.7. The van der Waals surface area contributed by atoms with E-state index in [0.29, 0.717) is 11.4 Å². The van der Waals surface area contributed by atoms with Gasteiger partial charge in [0.25, 0.3) is 5.91 Å². The Bertz CT molecular complexity index is 826. The third-order valence-electron chi connectivity index (χ3n) is 3.46. The molecular formula is C19H20FN3O4. The smallest absolute Gasteiger partial charge is 0.319 e. The van der Waals surface area contributed by atoms with Crippen LogP contribution in [-0.2, 0) is 9.53 Å². The Morgan fingerprint density at radius 1 is 0.963 bits per heavy atom. The molecule has 0 spiro atoms. The summed E-state index contributed by atoms with van der Waals surface area (Å²) in [7, 11) is 0. The number of hydrogen-bond donors (Lipinski definition) is 3. The Kier molecular flexibility index (Phi) is 7.30. The summed E-state index contributed by atoms with van der Waals surface area (Å²) < 4.78 is 18.5. The number of anilines is 2. The molecule has 0 aliphatic heterocycles. The summed E-state index contributed by atoms with van der Waals surface area (Å²) in [5.74, 6) is -1.68. The molecule has 142 valence electrons. The van der Waals surface area contributed by atoms with Gasteiger partial charge in [-0.25, -0.2) is 9.18 Å². The van der Waals surface area contributed by atoms with E-state index in [1.54, 1.807) is 37.3 Å². The van der Waals surface area contributed by atoms with Crippen molar-refractivity contribution in [2.75, 3.05) is 23.8 Å². The van der Waals surface area contributed by atoms with Gasteiger partial charge in [0.05, 0.1) is 30.0 Å². The first-order chi connectivity index (χ1) is 13.0. The molecule has 8 heteroatoms. The van der Waals surface area contributed by atoms with E-state index in [1.165, 1.54) is 18.2 Å². The van der Waals surface area contributed by atoms with Crippen molar-refractivity contribution in [1.82, 2.24) is 5.32 Å². The minimum atomic E-state index is -0.642. The average molecular weight is 373 g/mol. The van der Waals surface area contributed by atoms with Crippen LogP contribution in [0.25, 0.3) is 0 Å². The van der Waals surface area contributed by atoms with Gasteiger partial charge in [-0.3, -0.25) is 9.59 Å². The molecule has 0 aliphatic carbocycles. The van der Waals surface area contributed by atoms with E-state index in [0.717, 1.165) is 0 Å². The van der Waals surface area contributed by atoms with Crippen LogP contribution in [0.3, 0.4) is 0 Å². The highest BCUT2D eigenvalue weighted by Gasteiger charge is 2.14. The van der Waals surface area contributed by atoms with Gasteiger partial charge in [-0.05, 0) is 31.2 Å². The van der Waals surface area contributed by atoms with Crippen molar-refractivity contribution in [2.24, 2.45) is 0 Å². The summed E-state index contributed by atoms with van der Waals surface area (Å²) in [6.07, 6.45) is 0.0485. The first-order valence-corrected chi connectivity index (χ1v) is 8.36. The first kappa shape index (κ1) is 19.9. The number of nitrogens with one attached hydrogen (secondary N) is 3. The van der Waals surface area contributed by atoms with Gasteiger partial charge in [0.1, 0.15) is 5.82 Å². The number of rotatable bonds is 7. The minimum Gasteiger partial charge on any atom is -0.466 e. The van der Waals surface area contributed by atoms with E-state index in [4.69, 9.17) is 4.74 Å². The van der Waals surface area contributed by atoms with E-state index in [2.05, 4.69) is 16.0 Å². The van der Waals surface area contributed by atoms with Crippen LogP contribution in [0, 0.1) is 5.82 Å². The van der Waals surface area contributed by atoms with Crippen molar-refractivity contribution in [1.29, 1.82) is 0 Å². The lowest BCUT2D eigenvalue weighted by molar-refractivity contribution is -0.142. The number of amides is 3. The molecule has 3 amide bonds. The Morgan fingerprint density at radius 2 is 1.59 bits per heavy atom. The molecule has 0 unspecified atom stereocenters. The van der Waals surface area contributed by atoms with Crippen LogP contribution in [0.15, 0.2) is 48.5 Å². The molecule has 0 fully saturated rings. The van der Waals surface area contributed by atoms with Gasteiger partial charge in [-0.15, -0.1) is 0 Å². The molecule has 0 saturated heterocycles. The van der Waals surface area contributed by atoms with Crippen LogP contribution in [0.4, 0.5) is 20.6 Å². The van der Waals surface area contributed by atoms with Crippen LogP contribution >= 0.6 is 0 Å². The fourth-order valence-corrected chi connectivity index (χ4v) is 2.21. The van der Waals surface area contributed by atoms with Crippen LogP contribution in [0.5, 0.6) is 0 Å². The van der Waals surface area contributed by atoms with Crippen molar-refractivity contribution >= 4 is 29.3 Å². The van der Waals surface area contributed by atoms with Crippen molar-refractivity contribution in [2.45, 2.75) is 13.3 Å². The highest BCUT2D eigenvalue weighted by molar-refractivity contribution is 6.07. The lowest BCUT2D eigenvalue weighted by Crippen LogP contribution is -2.31. The monoisotopic (exact) mass is 373 g/mol. The number of hydrogen-bond acceptors (Lipinski definition) is 4. The van der Waals surface area contributed by atoms with Crippen LogP contribution in [-0.4, -0.2) is 31.1 Å². The largest absolute Gasteiger partial charge is 0.466 e. The average Bonchev–Trinajstić information content (AvgIpc) is 2.64. The molecule has 0 radical (unpaired) electrons. The van der Waals surface area contributed by atoms with Crippen LogP contribution < -0.4 is 16.0 Å². The van der Waals surface area contributed by atoms with E-state index in [1.807, 2.05) is 0 Å². The molecule has 2 aromatic carbocycles. The quantitative estimate of drug-likeness (QED) is 0.650. The zero-order valence-electron chi connectivity index (χ0n) is 14.8. The minimum absolute atomic E-state index is 0.0485. The van der Waals surface area contributed by atoms with Gasteiger partial charge >= 0.3 is 12.0 Å². The van der Waals surface area contributed by atoms with E-state index < -0.39 is 23.7 Å². The maximum Gasteiger partial charge on any atom is 0.319 e. The van der Waals surface area contributed by atoms with Crippen LogP contribution in [0.2, 0.25) is 0 Å². The fourth-order valence-electron chi connectivity index (χ4n) is 2.21. The summed E-state index contributed by atoms with van der Waals surface area (Å²) in [6.45, 7) is 2.08.